The second kappa shape index (κ2) is 3.93. The molecule has 0 saturated carbocycles. The first kappa shape index (κ1) is 9.91. The molecule has 0 saturated heterocycles. The molecule has 0 atom stereocenters. The number of rotatable bonds is 4. The lowest BCUT2D eigenvalue weighted by atomic mass is 10.2. The van der Waals surface area contributed by atoms with Crippen molar-refractivity contribution in [3.63, 3.8) is 0 Å². The normalized spacial score (nSPS) is 12.4. The van der Waals surface area contributed by atoms with E-state index in [0.717, 1.165) is 0 Å². The van der Waals surface area contributed by atoms with Crippen LogP contribution in [-0.2, 0) is 14.3 Å². The summed E-state index contributed by atoms with van der Waals surface area (Å²) in [5.74, 6) is 0.533. The van der Waals surface area contributed by atoms with Crippen LogP contribution in [0.25, 0.3) is 0 Å². The van der Waals surface area contributed by atoms with Crippen molar-refractivity contribution in [2.45, 2.75) is 20.3 Å². The van der Waals surface area contributed by atoms with E-state index in [1.165, 1.54) is 7.11 Å². The summed E-state index contributed by atoms with van der Waals surface area (Å²) in [7, 11) is -2.02. The van der Waals surface area contributed by atoms with Gasteiger partial charge in [-0.15, -0.1) is 0 Å². The highest BCUT2D eigenvalue weighted by Crippen LogP contribution is 2.02. The maximum Gasteiger partial charge on any atom is 0.267 e. The molecule has 0 aromatic carbocycles. The van der Waals surface area contributed by atoms with E-state index in [9.17, 15) is 8.42 Å². The van der Waals surface area contributed by atoms with Crippen LogP contribution in [0.1, 0.15) is 20.3 Å². The van der Waals surface area contributed by atoms with Crippen molar-refractivity contribution in [1.82, 2.24) is 0 Å². The molecule has 0 radical (unpaired) electrons. The molecule has 0 rings (SSSR count). The van der Waals surface area contributed by atoms with Crippen molar-refractivity contribution in [2.24, 2.45) is 5.92 Å². The predicted molar refractivity (Wildman–Crippen MR) is 40.3 cm³/mol. The van der Waals surface area contributed by atoms with E-state index >= 15 is 0 Å². The second-order valence-corrected chi connectivity index (χ2v) is 4.47. The minimum Gasteiger partial charge on any atom is -0.273 e. The zero-order valence-electron chi connectivity index (χ0n) is 6.62. The number of hydrogen-bond donors (Lipinski definition) is 0. The van der Waals surface area contributed by atoms with Gasteiger partial charge in [0.15, 0.2) is 0 Å². The van der Waals surface area contributed by atoms with Crippen LogP contribution in [0.3, 0.4) is 0 Å². The average molecular weight is 166 g/mol. The van der Waals surface area contributed by atoms with Gasteiger partial charge in [0.2, 0.25) is 0 Å². The lowest BCUT2D eigenvalue weighted by molar-refractivity contribution is 0.394. The van der Waals surface area contributed by atoms with Crippen LogP contribution >= 0.6 is 0 Å². The maximum absolute atomic E-state index is 10.7. The standard InChI is InChI=1S/C6H14O3S/c1-6(2)4-5-10(7,8)9-3/h6H,4-5H2,1-3H3. The van der Waals surface area contributed by atoms with E-state index < -0.39 is 10.1 Å². The predicted octanol–water partition coefficient (Wildman–Crippen LogP) is 1.01. The zero-order valence-corrected chi connectivity index (χ0v) is 7.44. The largest absolute Gasteiger partial charge is 0.273 e. The average Bonchev–Trinajstić information content (AvgIpc) is 1.85. The highest BCUT2D eigenvalue weighted by molar-refractivity contribution is 7.86. The van der Waals surface area contributed by atoms with Gasteiger partial charge >= 0.3 is 0 Å². The Labute approximate surface area is 62.5 Å². The molecule has 0 fully saturated rings. The van der Waals surface area contributed by atoms with Gasteiger partial charge in [-0.1, -0.05) is 13.8 Å². The Hall–Kier alpha value is -0.0900. The molecule has 62 valence electrons. The van der Waals surface area contributed by atoms with Crippen molar-refractivity contribution >= 4 is 10.1 Å². The SMILES string of the molecule is COS(=O)(=O)CCC(C)C. The van der Waals surface area contributed by atoms with Crippen LogP contribution in [0.15, 0.2) is 0 Å². The third kappa shape index (κ3) is 4.76. The molecule has 0 bridgehead atoms. The molecule has 0 heterocycles. The van der Waals surface area contributed by atoms with Gasteiger partial charge in [0.05, 0.1) is 12.9 Å². The lowest BCUT2D eigenvalue weighted by Crippen LogP contribution is -2.09. The van der Waals surface area contributed by atoms with E-state index in [2.05, 4.69) is 4.18 Å². The van der Waals surface area contributed by atoms with Gasteiger partial charge < -0.3 is 0 Å². The van der Waals surface area contributed by atoms with Crippen molar-refractivity contribution < 1.29 is 12.6 Å². The van der Waals surface area contributed by atoms with Gasteiger partial charge in [-0.25, -0.2) is 0 Å². The van der Waals surface area contributed by atoms with Crippen LogP contribution in [0.2, 0.25) is 0 Å². The fourth-order valence-corrected chi connectivity index (χ4v) is 1.39. The first-order valence-corrected chi connectivity index (χ1v) is 4.84. The van der Waals surface area contributed by atoms with Gasteiger partial charge in [0.1, 0.15) is 0 Å². The van der Waals surface area contributed by atoms with Crippen LogP contribution in [-0.4, -0.2) is 21.3 Å². The molecule has 0 amide bonds. The minimum absolute atomic E-state index is 0.126. The quantitative estimate of drug-likeness (QED) is 0.585. The monoisotopic (exact) mass is 166 g/mol. The van der Waals surface area contributed by atoms with Crippen LogP contribution < -0.4 is 0 Å². The van der Waals surface area contributed by atoms with E-state index in [0.29, 0.717) is 12.3 Å². The summed E-state index contributed by atoms with van der Waals surface area (Å²) >= 11 is 0. The summed E-state index contributed by atoms with van der Waals surface area (Å²) in [6.45, 7) is 3.95. The van der Waals surface area contributed by atoms with E-state index in [1.807, 2.05) is 13.8 Å². The van der Waals surface area contributed by atoms with Gasteiger partial charge in [-0.2, -0.15) is 8.42 Å². The van der Waals surface area contributed by atoms with Crippen LogP contribution in [0.4, 0.5) is 0 Å². The summed E-state index contributed by atoms with van der Waals surface area (Å²) in [4.78, 5) is 0. The smallest absolute Gasteiger partial charge is 0.267 e. The molecule has 0 aliphatic heterocycles. The first-order valence-electron chi connectivity index (χ1n) is 3.26. The topological polar surface area (TPSA) is 43.4 Å². The molecule has 0 spiro atoms. The summed E-state index contributed by atoms with van der Waals surface area (Å²) in [5.41, 5.74) is 0. The van der Waals surface area contributed by atoms with E-state index in [1.54, 1.807) is 0 Å². The van der Waals surface area contributed by atoms with Crippen molar-refractivity contribution in [1.29, 1.82) is 0 Å². The Morgan fingerprint density at radius 1 is 1.40 bits per heavy atom. The summed E-state index contributed by atoms with van der Waals surface area (Å²) in [5, 5.41) is 0. The van der Waals surface area contributed by atoms with Crippen molar-refractivity contribution in [3.05, 3.63) is 0 Å². The molecule has 3 nitrogen and oxygen atoms in total. The minimum atomic E-state index is -3.21. The summed E-state index contributed by atoms with van der Waals surface area (Å²) in [6, 6.07) is 0. The number of hydrogen-bond acceptors (Lipinski definition) is 3. The van der Waals surface area contributed by atoms with Crippen molar-refractivity contribution in [2.75, 3.05) is 12.9 Å². The fourth-order valence-electron chi connectivity index (χ4n) is 0.463. The molecule has 0 aliphatic carbocycles. The molecule has 0 N–H and O–H groups in total. The molecule has 0 aromatic rings. The third-order valence-electron chi connectivity index (χ3n) is 1.20. The highest BCUT2D eigenvalue weighted by Gasteiger charge is 2.08. The molecule has 10 heavy (non-hydrogen) atoms. The molecular formula is C6H14O3S. The van der Waals surface area contributed by atoms with Gasteiger partial charge in [-0.3, -0.25) is 4.18 Å². The third-order valence-corrected chi connectivity index (χ3v) is 2.44. The Morgan fingerprint density at radius 3 is 2.20 bits per heavy atom. The Morgan fingerprint density at radius 2 is 1.90 bits per heavy atom. The summed E-state index contributed by atoms with van der Waals surface area (Å²) in [6.07, 6.45) is 0.663. The fraction of sp³-hybridized carbons (Fsp3) is 1.00. The molecular weight excluding hydrogens is 152 g/mol. The molecule has 0 aliphatic rings. The molecule has 0 unspecified atom stereocenters. The second-order valence-electron chi connectivity index (χ2n) is 2.61. The van der Waals surface area contributed by atoms with E-state index in [4.69, 9.17) is 0 Å². The Bertz CT molecular complexity index is 169. The Balaban J connectivity index is 3.70. The van der Waals surface area contributed by atoms with E-state index in [-0.39, 0.29) is 5.75 Å². The highest BCUT2D eigenvalue weighted by atomic mass is 32.2. The molecule has 0 aromatic heterocycles. The van der Waals surface area contributed by atoms with Gasteiger partial charge in [-0.05, 0) is 12.3 Å². The van der Waals surface area contributed by atoms with Crippen LogP contribution in [0, 0.1) is 5.92 Å². The van der Waals surface area contributed by atoms with Gasteiger partial charge in [0.25, 0.3) is 10.1 Å². The summed E-state index contributed by atoms with van der Waals surface area (Å²) < 4.78 is 25.6. The van der Waals surface area contributed by atoms with Crippen molar-refractivity contribution in [3.8, 4) is 0 Å². The van der Waals surface area contributed by atoms with Crippen LogP contribution in [0.5, 0.6) is 0 Å². The lowest BCUT2D eigenvalue weighted by Gasteiger charge is -2.02. The Kier molecular flexibility index (Phi) is 3.89. The molecule has 4 heteroatoms. The van der Waals surface area contributed by atoms with Gasteiger partial charge in [0, 0.05) is 0 Å². The first-order chi connectivity index (χ1) is 4.48. The maximum atomic E-state index is 10.7. The zero-order chi connectivity index (χ0) is 8.20.